The Hall–Kier alpha value is -4.34. The number of nitrogens with two attached hydrogens (primary N) is 2. The van der Waals surface area contributed by atoms with E-state index in [2.05, 4.69) is 20.3 Å². The van der Waals surface area contributed by atoms with Crippen molar-refractivity contribution >= 4 is 23.7 Å². The number of aromatic nitrogens is 2. The summed E-state index contributed by atoms with van der Waals surface area (Å²) in [4.78, 5) is 35.9. The van der Waals surface area contributed by atoms with Gasteiger partial charge in [0.2, 0.25) is 5.95 Å². The predicted molar refractivity (Wildman–Crippen MR) is 121 cm³/mol. The number of amidine groups is 1. The molecule has 0 aliphatic heterocycles. The zero-order valence-electron chi connectivity index (χ0n) is 18.1. The first-order valence-electron chi connectivity index (χ1n) is 9.95. The van der Waals surface area contributed by atoms with Crippen molar-refractivity contribution < 1.29 is 19.1 Å². The number of carboxylic acids is 1. The standard InChI is InChI=1S/C23H23FN6O3/c1-12-7-14(3-5-16(12)22(32)33)10-27-20(25)18-9-19(30-23(26)29-18)21(31)28-11-15-4-6-17(24)13(2)8-15/h3-9H,10-11H2,1-2H3,(H2,25,27)(H,28,31)(H,32,33)(H2,26,29,30). The Morgan fingerprint density at radius 3 is 2.36 bits per heavy atom. The smallest absolute Gasteiger partial charge is 0.335 e. The van der Waals surface area contributed by atoms with E-state index in [1.54, 1.807) is 38.1 Å². The van der Waals surface area contributed by atoms with Gasteiger partial charge in [0.05, 0.1) is 12.1 Å². The van der Waals surface area contributed by atoms with Crippen molar-refractivity contribution in [2.75, 3.05) is 5.73 Å². The second-order valence-electron chi connectivity index (χ2n) is 7.42. The van der Waals surface area contributed by atoms with Crippen molar-refractivity contribution in [2.24, 2.45) is 10.7 Å². The third kappa shape index (κ3) is 5.88. The molecular formula is C23H23FN6O3. The van der Waals surface area contributed by atoms with E-state index in [1.807, 2.05) is 0 Å². The number of nitrogens with one attached hydrogen (secondary N) is 1. The quantitative estimate of drug-likeness (QED) is 0.318. The molecule has 0 fully saturated rings. The van der Waals surface area contributed by atoms with Crippen LogP contribution in [-0.2, 0) is 13.1 Å². The van der Waals surface area contributed by atoms with Crippen LogP contribution in [-0.4, -0.2) is 32.8 Å². The maximum absolute atomic E-state index is 13.4. The number of amides is 1. The first-order valence-corrected chi connectivity index (χ1v) is 9.95. The number of aliphatic imine (C=N–C) groups is 1. The monoisotopic (exact) mass is 450 g/mol. The van der Waals surface area contributed by atoms with Gasteiger partial charge in [-0.05, 0) is 54.3 Å². The number of rotatable bonds is 7. The summed E-state index contributed by atoms with van der Waals surface area (Å²) in [6.07, 6.45) is 0. The molecule has 1 amide bonds. The minimum absolute atomic E-state index is 0.0103. The molecule has 33 heavy (non-hydrogen) atoms. The van der Waals surface area contributed by atoms with Crippen LogP contribution in [0.25, 0.3) is 0 Å². The summed E-state index contributed by atoms with van der Waals surface area (Å²) < 4.78 is 13.4. The Labute approximate surface area is 189 Å². The van der Waals surface area contributed by atoms with Crippen LogP contribution in [0.2, 0.25) is 0 Å². The highest BCUT2D eigenvalue weighted by Crippen LogP contribution is 2.13. The number of carboxylic acid groups (broad SMARTS) is 1. The van der Waals surface area contributed by atoms with Crippen molar-refractivity contribution in [3.63, 3.8) is 0 Å². The summed E-state index contributed by atoms with van der Waals surface area (Å²) in [5, 5.41) is 11.8. The number of nitrogens with zero attached hydrogens (tertiary/aromatic N) is 3. The van der Waals surface area contributed by atoms with Crippen LogP contribution < -0.4 is 16.8 Å². The van der Waals surface area contributed by atoms with Gasteiger partial charge in [-0.25, -0.2) is 19.2 Å². The molecule has 9 nitrogen and oxygen atoms in total. The second kappa shape index (κ2) is 9.86. The molecule has 1 aromatic heterocycles. The summed E-state index contributed by atoms with van der Waals surface area (Å²) in [6, 6.07) is 10.8. The average molecular weight is 450 g/mol. The summed E-state index contributed by atoms with van der Waals surface area (Å²) in [5.74, 6) is -1.91. The lowest BCUT2D eigenvalue weighted by Gasteiger charge is -2.08. The number of carbonyl (C=O) groups is 2. The summed E-state index contributed by atoms with van der Waals surface area (Å²) in [5.41, 5.74) is 14.8. The Bertz CT molecular complexity index is 1260. The lowest BCUT2D eigenvalue weighted by Crippen LogP contribution is -2.26. The fourth-order valence-electron chi connectivity index (χ4n) is 3.12. The number of carbonyl (C=O) groups excluding carboxylic acids is 1. The van der Waals surface area contributed by atoms with Crippen LogP contribution >= 0.6 is 0 Å². The first-order chi connectivity index (χ1) is 15.6. The molecule has 10 heteroatoms. The molecule has 0 bridgehead atoms. The lowest BCUT2D eigenvalue weighted by molar-refractivity contribution is 0.0695. The number of halogens is 1. The number of benzene rings is 2. The normalized spacial score (nSPS) is 11.3. The van der Waals surface area contributed by atoms with Crippen molar-refractivity contribution in [1.29, 1.82) is 0 Å². The second-order valence-corrected chi connectivity index (χ2v) is 7.42. The van der Waals surface area contributed by atoms with Crippen molar-refractivity contribution in [3.8, 4) is 0 Å². The number of nitrogen functional groups attached to an aromatic ring is 1. The van der Waals surface area contributed by atoms with E-state index in [-0.39, 0.29) is 47.6 Å². The molecule has 0 unspecified atom stereocenters. The van der Waals surface area contributed by atoms with Crippen LogP contribution in [0.1, 0.15) is 48.8 Å². The van der Waals surface area contributed by atoms with Gasteiger partial charge in [0.25, 0.3) is 5.91 Å². The summed E-state index contributed by atoms with van der Waals surface area (Å²) in [7, 11) is 0. The molecule has 6 N–H and O–H groups in total. The molecule has 3 rings (SSSR count). The van der Waals surface area contributed by atoms with Gasteiger partial charge in [-0.3, -0.25) is 9.79 Å². The molecule has 2 aromatic carbocycles. The van der Waals surface area contributed by atoms with E-state index in [0.29, 0.717) is 11.1 Å². The highest BCUT2D eigenvalue weighted by atomic mass is 19.1. The minimum atomic E-state index is -1.00. The van der Waals surface area contributed by atoms with Gasteiger partial charge in [-0.15, -0.1) is 0 Å². The predicted octanol–water partition coefficient (Wildman–Crippen LogP) is 2.35. The molecular weight excluding hydrogens is 427 g/mol. The Morgan fingerprint density at radius 1 is 1.03 bits per heavy atom. The van der Waals surface area contributed by atoms with E-state index in [1.165, 1.54) is 18.2 Å². The summed E-state index contributed by atoms with van der Waals surface area (Å²) >= 11 is 0. The van der Waals surface area contributed by atoms with Gasteiger partial charge < -0.3 is 21.9 Å². The number of aryl methyl sites for hydroxylation is 2. The minimum Gasteiger partial charge on any atom is -0.478 e. The van der Waals surface area contributed by atoms with E-state index >= 15 is 0 Å². The van der Waals surface area contributed by atoms with E-state index < -0.39 is 11.9 Å². The van der Waals surface area contributed by atoms with Crippen LogP contribution in [0.5, 0.6) is 0 Å². The van der Waals surface area contributed by atoms with Crippen molar-refractivity contribution in [1.82, 2.24) is 15.3 Å². The SMILES string of the molecule is Cc1cc(CNC(=O)c2cc(C(N)=NCc3ccc(C(=O)O)c(C)c3)nc(N)n2)ccc1F. The molecule has 0 atom stereocenters. The van der Waals surface area contributed by atoms with Gasteiger partial charge in [-0.2, -0.15) is 0 Å². The summed E-state index contributed by atoms with van der Waals surface area (Å²) in [6.45, 7) is 3.70. The molecule has 0 spiro atoms. The zero-order chi connectivity index (χ0) is 24.1. The third-order valence-corrected chi connectivity index (χ3v) is 4.87. The molecule has 170 valence electrons. The first kappa shape index (κ1) is 23.3. The molecule has 0 aliphatic carbocycles. The Kier molecular flexibility index (Phi) is 6.97. The van der Waals surface area contributed by atoms with Gasteiger partial charge in [0.1, 0.15) is 23.0 Å². The molecule has 3 aromatic rings. The molecule has 0 saturated carbocycles. The highest BCUT2D eigenvalue weighted by molar-refractivity contribution is 5.99. The van der Waals surface area contributed by atoms with Gasteiger partial charge >= 0.3 is 5.97 Å². The van der Waals surface area contributed by atoms with Crippen LogP contribution in [0.15, 0.2) is 47.5 Å². The fraction of sp³-hybridized carbons (Fsp3) is 0.174. The Balaban J connectivity index is 1.72. The molecule has 1 heterocycles. The Morgan fingerprint density at radius 2 is 1.70 bits per heavy atom. The molecule has 0 saturated heterocycles. The molecule has 0 aliphatic rings. The van der Waals surface area contributed by atoms with E-state index in [9.17, 15) is 14.0 Å². The van der Waals surface area contributed by atoms with E-state index in [0.717, 1.165) is 11.1 Å². The number of aromatic carboxylic acids is 1. The maximum Gasteiger partial charge on any atom is 0.335 e. The van der Waals surface area contributed by atoms with Crippen LogP contribution in [0.4, 0.5) is 10.3 Å². The third-order valence-electron chi connectivity index (χ3n) is 4.87. The zero-order valence-corrected chi connectivity index (χ0v) is 18.1. The molecule has 0 radical (unpaired) electrons. The maximum atomic E-state index is 13.4. The van der Waals surface area contributed by atoms with Crippen LogP contribution in [0, 0.1) is 19.7 Å². The van der Waals surface area contributed by atoms with E-state index in [4.69, 9.17) is 16.6 Å². The van der Waals surface area contributed by atoms with Crippen LogP contribution in [0.3, 0.4) is 0 Å². The number of hydrogen-bond donors (Lipinski definition) is 4. The number of anilines is 1. The largest absolute Gasteiger partial charge is 0.478 e. The highest BCUT2D eigenvalue weighted by Gasteiger charge is 2.13. The van der Waals surface area contributed by atoms with Gasteiger partial charge in [0.15, 0.2) is 0 Å². The van der Waals surface area contributed by atoms with Gasteiger partial charge in [0, 0.05) is 6.54 Å². The fourth-order valence-corrected chi connectivity index (χ4v) is 3.12. The van der Waals surface area contributed by atoms with Gasteiger partial charge in [-0.1, -0.05) is 24.3 Å². The number of hydrogen-bond acceptors (Lipinski definition) is 6. The lowest BCUT2D eigenvalue weighted by atomic mass is 10.1. The topological polar surface area (TPSA) is 157 Å². The van der Waals surface area contributed by atoms with Crippen molar-refractivity contribution in [2.45, 2.75) is 26.9 Å². The van der Waals surface area contributed by atoms with Crippen molar-refractivity contribution in [3.05, 3.63) is 87.5 Å². The average Bonchev–Trinajstić information content (AvgIpc) is 2.77.